The number of nitrogens with zero attached hydrogens (tertiary/aromatic N) is 1. The normalized spacial score (nSPS) is 18.8. The van der Waals surface area contributed by atoms with Gasteiger partial charge < -0.3 is 10.4 Å². The highest BCUT2D eigenvalue weighted by molar-refractivity contribution is 4.86. The molecule has 3 heteroatoms. The fourth-order valence-corrected chi connectivity index (χ4v) is 1.88. The lowest BCUT2D eigenvalue weighted by Gasteiger charge is -2.30. The minimum atomic E-state index is 0.253. The first kappa shape index (κ1) is 12.9. The number of aliphatic hydroxyl groups excluding tert-OH is 1. The maximum atomic E-state index is 9.31. The van der Waals surface area contributed by atoms with Crippen LogP contribution in [0, 0.1) is 0 Å². The lowest BCUT2D eigenvalue weighted by molar-refractivity contribution is 0.156. The second-order valence-electron chi connectivity index (χ2n) is 4.91. The Morgan fingerprint density at radius 3 is 2.47 bits per heavy atom. The number of hydrogen-bond donors (Lipinski definition) is 2. The van der Waals surface area contributed by atoms with Crippen molar-refractivity contribution in [2.45, 2.75) is 58.2 Å². The average molecular weight is 214 g/mol. The number of aliphatic hydroxyl groups is 1. The van der Waals surface area contributed by atoms with Crippen LogP contribution in [0.2, 0.25) is 0 Å². The summed E-state index contributed by atoms with van der Waals surface area (Å²) in [6.45, 7) is 9.00. The fraction of sp³-hybridized carbons (Fsp3) is 1.00. The van der Waals surface area contributed by atoms with Crippen LogP contribution in [0.15, 0.2) is 0 Å². The smallest absolute Gasteiger partial charge is 0.0597 e. The minimum absolute atomic E-state index is 0.253. The van der Waals surface area contributed by atoms with Gasteiger partial charge in [0.15, 0.2) is 0 Å². The summed E-state index contributed by atoms with van der Waals surface area (Å²) in [5.41, 5.74) is 0. The molecule has 0 bridgehead atoms. The van der Waals surface area contributed by atoms with Crippen LogP contribution >= 0.6 is 0 Å². The maximum Gasteiger partial charge on any atom is 0.0597 e. The average Bonchev–Trinajstić information content (AvgIpc) is 2.99. The summed E-state index contributed by atoms with van der Waals surface area (Å²) < 4.78 is 0. The molecule has 3 nitrogen and oxygen atoms in total. The van der Waals surface area contributed by atoms with Gasteiger partial charge in [-0.05, 0) is 39.7 Å². The fourth-order valence-electron chi connectivity index (χ4n) is 1.88. The van der Waals surface area contributed by atoms with Crippen molar-refractivity contribution in [3.05, 3.63) is 0 Å². The summed E-state index contributed by atoms with van der Waals surface area (Å²) >= 11 is 0. The van der Waals surface area contributed by atoms with E-state index >= 15 is 0 Å². The van der Waals surface area contributed by atoms with E-state index in [0.29, 0.717) is 12.1 Å². The molecular formula is C12H26N2O. The predicted molar refractivity (Wildman–Crippen MR) is 64.0 cm³/mol. The highest BCUT2D eigenvalue weighted by atomic mass is 16.3. The first-order valence-corrected chi connectivity index (χ1v) is 6.28. The van der Waals surface area contributed by atoms with E-state index in [1.54, 1.807) is 0 Å². The van der Waals surface area contributed by atoms with Gasteiger partial charge in [0, 0.05) is 24.7 Å². The van der Waals surface area contributed by atoms with Crippen molar-refractivity contribution in [2.24, 2.45) is 0 Å². The maximum absolute atomic E-state index is 9.31. The van der Waals surface area contributed by atoms with E-state index in [1.807, 2.05) is 0 Å². The van der Waals surface area contributed by atoms with Gasteiger partial charge in [-0.25, -0.2) is 0 Å². The first-order valence-electron chi connectivity index (χ1n) is 6.28. The zero-order chi connectivity index (χ0) is 11.3. The molecule has 1 saturated carbocycles. The zero-order valence-corrected chi connectivity index (χ0v) is 10.4. The van der Waals surface area contributed by atoms with Crippen molar-refractivity contribution in [3.63, 3.8) is 0 Å². The minimum Gasteiger partial charge on any atom is -0.395 e. The Morgan fingerprint density at radius 2 is 2.07 bits per heavy atom. The Bertz CT molecular complexity index is 169. The van der Waals surface area contributed by atoms with Crippen LogP contribution in [0.3, 0.4) is 0 Å². The van der Waals surface area contributed by atoms with Gasteiger partial charge in [-0.2, -0.15) is 0 Å². The molecule has 0 saturated heterocycles. The van der Waals surface area contributed by atoms with E-state index in [1.165, 1.54) is 19.3 Å². The number of hydrogen-bond acceptors (Lipinski definition) is 3. The van der Waals surface area contributed by atoms with Gasteiger partial charge in [0.2, 0.25) is 0 Å². The Morgan fingerprint density at radius 1 is 1.40 bits per heavy atom. The van der Waals surface area contributed by atoms with Crippen LogP contribution in [0.5, 0.6) is 0 Å². The van der Waals surface area contributed by atoms with Crippen LogP contribution in [0.25, 0.3) is 0 Å². The third-order valence-corrected chi connectivity index (χ3v) is 2.97. The molecule has 1 fully saturated rings. The molecule has 0 heterocycles. The summed E-state index contributed by atoms with van der Waals surface area (Å²) in [6.07, 6.45) is 3.75. The molecule has 1 atom stereocenters. The van der Waals surface area contributed by atoms with Gasteiger partial charge in [0.25, 0.3) is 0 Å². The number of nitrogens with one attached hydrogen (secondary N) is 1. The molecule has 0 radical (unpaired) electrons. The van der Waals surface area contributed by atoms with Crippen molar-refractivity contribution in [3.8, 4) is 0 Å². The van der Waals surface area contributed by atoms with Gasteiger partial charge in [-0.15, -0.1) is 0 Å². The summed E-state index contributed by atoms with van der Waals surface area (Å²) in [5, 5.41) is 12.8. The molecule has 15 heavy (non-hydrogen) atoms. The molecule has 1 aliphatic carbocycles. The SMILES string of the molecule is CCCN(CC(CO)NC1CC1)C(C)C. The van der Waals surface area contributed by atoms with Gasteiger partial charge in [0.05, 0.1) is 6.61 Å². The third-order valence-electron chi connectivity index (χ3n) is 2.97. The first-order chi connectivity index (χ1) is 7.17. The van der Waals surface area contributed by atoms with Crippen LogP contribution in [0.4, 0.5) is 0 Å². The lowest BCUT2D eigenvalue weighted by atomic mass is 10.2. The Kier molecular flexibility index (Phi) is 5.58. The van der Waals surface area contributed by atoms with E-state index in [4.69, 9.17) is 0 Å². The van der Waals surface area contributed by atoms with Crippen LogP contribution < -0.4 is 5.32 Å². The van der Waals surface area contributed by atoms with Crippen LogP contribution in [-0.2, 0) is 0 Å². The molecule has 0 aromatic carbocycles. The summed E-state index contributed by atoms with van der Waals surface area (Å²) in [5.74, 6) is 0. The molecule has 90 valence electrons. The molecule has 0 aromatic rings. The summed E-state index contributed by atoms with van der Waals surface area (Å²) in [6, 6.07) is 1.50. The highest BCUT2D eigenvalue weighted by Crippen LogP contribution is 2.19. The van der Waals surface area contributed by atoms with Crippen molar-refractivity contribution >= 4 is 0 Å². The second-order valence-corrected chi connectivity index (χ2v) is 4.91. The topological polar surface area (TPSA) is 35.5 Å². The van der Waals surface area contributed by atoms with Crippen molar-refractivity contribution < 1.29 is 5.11 Å². The largest absolute Gasteiger partial charge is 0.395 e. The third kappa shape index (κ3) is 4.96. The molecule has 1 aliphatic rings. The molecule has 1 rings (SSSR count). The monoisotopic (exact) mass is 214 g/mol. The summed E-state index contributed by atoms with van der Waals surface area (Å²) in [4.78, 5) is 2.44. The standard InChI is InChI=1S/C12H26N2O/c1-4-7-14(10(2)3)8-12(9-15)13-11-5-6-11/h10-13,15H,4-9H2,1-3H3. The van der Waals surface area contributed by atoms with Gasteiger partial charge in [0.1, 0.15) is 0 Å². The molecule has 0 amide bonds. The van der Waals surface area contributed by atoms with Crippen LogP contribution in [0.1, 0.15) is 40.0 Å². The van der Waals surface area contributed by atoms with Gasteiger partial charge in [-0.3, -0.25) is 4.90 Å². The molecule has 1 unspecified atom stereocenters. The van der Waals surface area contributed by atoms with Gasteiger partial charge >= 0.3 is 0 Å². The highest BCUT2D eigenvalue weighted by Gasteiger charge is 2.25. The van der Waals surface area contributed by atoms with Gasteiger partial charge in [-0.1, -0.05) is 6.92 Å². The lowest BCUT2D eigenvalue weighted by Crippen LogP contribution is -2.46. The van der Waals surface area contributed by atoms with Crippen molar-refractivity contribution in [2.75, 3.05) is 19.7 Å². The predicted octanol–water partition coefficient (Wildman–Crippen LogP) is 1.22. The molecule has 2 N–H and O–H groups in total. The quantitative estimate of drug-likeness (QED) is 0.638. The van der Waals surface area contributed by atoms with E-state index in [9.17, 15) is 5.11 Å². The molecule has 0 aliphatic heterocycles. The number of rotatable bonds is 8. The van der Waals surface area contributed by atoms with E-state index in [2.05, 4.69) is 31.0 Å². The van der Waals surface area contributed by atoms with Crippen molar-refractivity contribution in [1.29, 1.82) is 0 Å². The van der Waals surface area contributed by atoms with E-state index in [-0.39, 0.29) is 12.6 Å². The van der Waals surface area contributed by atoms with E-state index in [0.717, 1.165) is 13.1 Å². The molecular weight excluding hydrogens is 188 g/mol. The zero-order valence-electron chi connectivity index (χ0n) is 10.4. The Hall–Kier alpha value is -0.120. The Labute approximate surface area is 93.9 Å². The Balaban J connectivity index is 2.31. The van der Waals surface area contributed by atoms with E-state index < -0.39 is 0 Å². The van der Waals surface area contributed by atoms with Crippen LogP contribution in [-0.4, -0.2) is 47.8 Å². The molecule has 0 spiro atoms. The molecule has 0 aromatic heterocycles. The second kappa shape index (κ2) is 6.46. The van der Waals surface area contributed by atoms with Crippen molar-refractivity contribution in [1.82, 2.24) is 10.2 Å². The summed E-state index contributed by atoms with van der Waals surface area (Å²) in [7, 11) is 0.